The van der Waals surface area contributed by atoms with Crippen LogP contribution in [0.15, 0.2) is 60.7 Å². The highest BCUT2D eigenvalue weighted by atomic mass is 16.3. The predicted octanol–water partition coefficient (Wildman–Crippen LogP) is 3.09. The molecule has 1 N–H and O–H groups in total. The topological polar surface area (TPSA) is 20.2 Å². The van der Waals surface area contributed by atoms with Crippen molar-refractivity contribution in [1.82, 2.24) is 0 Å². The molecule has 6 aliphatic rings. The molecule has 22 heavy (non-hydrogen) atoms. The van der Waals surface area contributed by atoms with E-state index in [2.05, 4.69) is 60.7 Å². The van der Waals surface area contributed by atoms with E-state index in [4.69, 9.17) is 0 Å². The lowest BCUT2D eigenvalue weighted by atomic mass is 9.19. The molecule has 2 aromatic carbocycles. The van der Waals surface area contributed by atoms with E-state index < -0.39 is 5.60 Å². The van der Waals surface area contributed by atoms with Crippen LogP contribution in [-0.4, -0.2) is 10.7 Å². The summed E-state index contributed by atoms with van der Waals surface area (Å²) < 4.78 is 0. The lowest BCUT2D eigenvalue weighted by Gasteiger charge is -2.86. The van der Waals surface area contributed by atoms with Crippen LogP contribution in [0.1, 0.15) is 11.1 Å². The van der Waals surface area contributed by atoms with E-state index in [0.717, 1.165) is 23.7 Å². The zero-order valence-corrected chi connectivity index (χ0v) is 12.3. The number of hydrogen-bond donors (Lipinski definition) is 1. The van der Waals surface area contributed by atoms with Crippen molar-refractivity contribution in [2.75, 3.05) is 0 Å². The number of rotatable bonds is 2. The van der Waals surface area contributed by atoms with Gasteiger partial charge in [0.05, 0.1) is 11.0 Å². The maximum absolute atomic E-state index is 11.9. The molecular formula is C21H18O. The molecular weight excluding hydrogens is 268 g/mol. The molecule has 8 rings (SSSR count). The van der Waals surface area contributed by atoms with E-state index in [0.29, 0.717) is 17.8 Å². The van der Waals surface area contributed by atoms with Gasteiger partial charge in [0.2, 0.25) is 0 Å². The van der Waals surface area contributed by atoms with Gasteiger partial charge >= 0.3 is 0 Å². The van der Waals surface area contributed by atoms with Gasteiger partial charge in [-0.15, -0.1) is 0 Å². The van der Waals surface area contributed by atoms with Gasteiger partial charge in [-0.25, -0.2) is 0 Å². The molecule has 2 bridgehead atoms. The normalized spacial score (nSPS) is 52.9. The zero-order valence-electron chi connectivity index (χ0n) is 12.3. The van der Waals surface area contributed by atoms with Gasteiger partial charge in [-0.2, -0.15) is 0 Å². The minimum absolute atomic E-state index is 0.135. The summed E-state index contributed by atoms with van der Waals surface area (Å²) in [5, 5.41) is 11.9. The van der Waals surface area contributed by atoms with Crippen LogP contribution in [0.25, 0.3) is 0 Å². The van der Waals surface area contributed by atoms with Gasteiger partial charge in [0, 0.05) is 0 Å². The summed E-state index contributed by atoms with van der Waals surface area (Å²) in [6.45, 7) is 0. The molecule has 1 heteroatoms. The molecule has 2 aromatic rings. The zero-order chi connectivity index (χ0) is 14.3. The monoisotopic (exact) mass is 286 g/mol. The Morgan fingerprint density at radius 2 is 1.05 bits per heavy atom. The van der Waals surface area contributed by atoms with Crippen LogP contribution in [0.2, 0.25) is 0 Å². The molecule has 4 unspecified atom stereocenters. The largest absolute Gasteiger partial charge is 0.388 e. The highest BCUT2D eigenvalue weighted by Gasteiger charge is 3.02. The Kier molecular flexibility index (Phi) is 1.46. The third kappa shape index (κ3) is 0.697. The Morgan fingerprint density at radius 3 is 1.45 bits per heavy atom. The molecule has 0 heterocycles. The van der Waals surface area contributed by atoms with Crippen LogP contribution < -0.4 is 0 Å². The average Bonchev–Trinajstić information content (AvgIpc) is 2.70. The van der Waals surface area contributed by atoms with Crippen molar-refractivity contribution in [3.05, 3.63) is 71.8 Å². The highest BCUT2D eigenvalue weighted by Crippen LogP contribution is 3.00. The van der Waals surface area contributed by atoms with E-state index in [1.165, 1.54) is 11.1 Å². The fraction of sp³-hybridized carbons (Fsp3) is 0.429. The lowest BCUT2D eigenvalue weighted by molar-refractivity contribution is -0.424. The second-order valence-electron chi connectivity index (χ2n) is 8.25. The van der Waals surface area contributed by atoms with E-state index in [9.17, 15) is 5.11 Å². The fourth-order valence-corrected chi connectivity index (χ4v) is 8.27. The quantitative estimate of drug-likeness (QED) is 0.899. The van der Waals surface area contributed by atoms with Crippen molar-refractivity contribution >= 4 is 0 Å². The van der Waals surface area contributed by atoms with Crippen molar-refractivity contribution < 1.29 is 5.11 Å². The number of hydrogen-bond acceptors (Lipinski definition) is 1. The first-order chi connectivity index (χ1) is 10.8. The standard InChI is InChI=1S/C21H18O/c22-21-18-14-13-15(19(21)16(13)18)17(14)20(21,11-7-3-1-4-8-11)12-9-5-2-6-10-12/h1-10,13-19,22H. The summed E-state index contributed by atoms with van der Waals surface area (Å²) >= 11 is 0. The average molecular weight is 286 g/mol. The number of aliphatic hydroxyl groups is 1. The summed E-state index contributed by atoms with van der Waals surface area (Å²) in [5.41, 5.74) is 2.11. The highest BCUT2D eigenvalue weighted by molar-refractivity contribution is 5.61. The first-order valence-corrected chi connectivity index (χ1v) is 8.66. The lowest BCUT2D eigenvalue weighted by Crippen LogP contribution is -2.87. The van der Waals surface area contributed by atoms with E-state index in [-0.39, 0.29) is 5.41 Å². The van der Waals surface area contributed by atoms with Crippen LogP contribution in [0.4, 0.5) is 0 Å². The van der Waals surface area contributed by atoms with Gasteiger partial charge < -0.3 is 5.11 Å². The minimum atomic E-state index is -0.463. The van der Waals surface area contributed by atoms with Gasteiger partial charge in [0.1, 0.15) is 0 Å². The van der Waals surface area contributed by atoms with Crippen LogP contribution >= 0.6 is 0 Å². The first kappa shape index (κ1) is 11.0. The Bertz CT molecular complexity index is 751. The van der Waals surface area contributed by atoms with Gasteiger partial charge in [-0.05, 0) is 52.6 Å². The van der Waals surface area contributed by atoms with Crippen molar-refractivity contribution in [1.29, 1.82) is 0 Å². The van der Waals surface area contributed by atoms with E-state index in [1.807, 2.05) is 0 Å². The molecule has 0 aromatic heterocycles. The Balaban J connectivity index is 1.58. The summed E-state index contributed by atoms with van der Waals surface area (Å²) in [6, 6.07) is 21.8. The first-order valence-electron chi connectivity index (χ1n) is 8.66. The smallest absolute Gasteiger partial charge is 0.0854 e. The fourth-order valence-electron chi connectivity index (χ4n) is 8.27. The molecule has 0 radical (unpaired) electrons. The number of benzene rings is 2. The molecule has 1 nitrogen and oxygen atoms in total. The maximum atomic E-state index is 11.9. The van der Waals surface area contributed by atoms with E-state index >= 15 is 0 Å². The summed E-state index contributed by atoms with van der Waals surface area (Å²) in [6.07, 6.45) is 0. The molecule has 6 fully saturated rings. The third-order valence-electron chi connectivity index (χ3n) is 8.43. The molecule has 4 atom stereocenters. The van der Waals surface area contributed by atoms with Crippen LogP contribution in [0, 0.1) is 41.4 Å². The molecule has 6 saturated carbocycles. The third-order valence-corrected chi connectivity index (χ3v) is 8.43. The van der Waals surface area contributed by atoms with Gasteiger partial charge in [0.25, 0.3) is 0 Å². The molecule has 0 amide bonds. The van der Waals surface area contributed by atoms with Crippen molar-refractivity contribution in [3.63, 3.8) is 0 Å². The van der Waals surface area contributed by atoms with Crippen molar-refractivity contribution in [3.8, 4) is 0 Å². The minimum Gasteiger partial charge on any atom is -0.388 e. The Labute approximate surface area is 130 Å². The molecule has 0 aliphatic heterocycles. The van der Waals surface area contributed by atoms with Crippen LogP contribution in [-0.2, 0) is 5.41 Å². The Hall–Kier alpha value is -1.60. The summed E-state index contributed by atoms with van der Waals surface area (Å²) in [4.78, 5) is 0. The molecule has 6 aliphatic carbocycles. The summed E-state index contributed by atoms with van der Waals surface area (Å²) in [7, 11) is 0. The van der Waals surface area contributed by atoms with Crippen molar-refractivity contribution in [2.24, 2.45) is 41.4 Å². The maximum Gasteiger partial charge on any atom is 0.0854 e. The van der Waals surface area contributed by atoms with Crippen LogP contribution in [0.5, 0.6) is 0 Å². The molecule has 0 saturated heterocycles. The SMILES string of the molecule is OC12C3C4C5C(C4C1(c1ccccc1)c1ccccc1)C2C53. The van der Waals surface area contributed by atoms with Gasteiger partial charge in [-0.1, -0.05) is 60.7 Å². The van der Waals surface area contributed by atoms with Crippen molar-refractivity contribution in [2.45, 2.75) is 11.0 Å². The summed E-state index contributed by atoms with van der Waals surface area (Å²) in [5.74, 6) is 5.36. The second-order valence-corrected chi connectivity index (χ2v) is 8.25. The Morgan fingerprint density at radius 1 is 0.591 bits per heavy atom. The molecule has 0 spiro atoms. The second kappa shape index (κ2) is 2.92. The van der Waals surface area contributed by atoms with E-state index in [1.54, 1.807) is 0 Å². The predicted molar refractivity (Wildman–Crippen MR) is 83.0 cm³/mol. The molecule has 108 valence electrons. The van der Waals surface area contributed by atoms with Crippen LogP contribution in [0.3, 0.4) is 0 Å². The van der Waals surface area contributed by atoms with Gasteiger partial charge in [0.15, 0.2) is 0 Å². The van der Waals surface area contributed by atoms with Gasteiger partial charge in [-0.3, -0.25) is 0 Å².